The lowest BCUT2D eigenvalue weighted by atomic mass is 9.86. The summed E-state index contributed by atoms with van der Waals surface area (Å²) < 4.78 is 49.4. The summed E-state index contributed by atoms with van der Waals surface area (Å²) >= 11 is 12.9. The molecule has 1 aromatic heterocycles. The molecule has 57 heavy (non-hydrogen) atoms. The number of hydrogen-bond acceptors (Lipinski definition) is 10. The van der Waals surface area contributed by atoms with Gasteiger partial charge in [0, 0.05) is 37.6 Å². The summed E-state index contributed by atoms with van der Waals surface area (Å²) in [6.45, 7) is 0.494. The number of esters is 2. The van der Waals surface area contributed by atoms with E-state index in [9.17, 15) is 18.4 Å². The zero-order valence-corrected chi connectivity index (χ0v) is 33.1. The first-order chi connectivity index (χ1) is 27.6. The van der Waals surface area contributed by atoms with Gasteiger partial charge in [0.1, 0.15) is 12.2 Å². The van der Waals surface area contributed by atoms with Gasteiger partial charge in [-0.25, -0.2) is 4.79 Å². The standard InChI is InChI=1S/C43H46Cl2F2N4O6/c1-50(23-28-6-5-9-32(18-28)49-41(30-7-3-2-4-8-30)42(53)56-39-24-51-16-14-29(39)15-17-51)25-40(52)55-37(20-33-34(44)21-48-22-35(33)45)31-12-13-36(57-43(46)47)38(19-31)54-26-27-10-11-27/h2-9,12-13,18-19,21-22,27,29,37,39,41,43,49H,10-11,14-17,20,23-26H2,1H3/t37-,39-,41?/m0/s1. The van der Waals surface area contributed by atoms with Gasteiger partial charge >= 0.3 is 18.6 Å². The summed E-state index contributed by atoms with van der Waals surface area (Å²) in [5.41, 5.74) is 3.43. The molecule has 1 N–H and O–H groups in total. The Morgan fingerprint density at radius 1 is 0.930 bits per heavy atom. The van der Waals surface area contributed by atoms with Crippen LogP contribution in [-0.2, 0) is 32.0 Å². The van der Waals surface area contributed by atoms with Crippen LogP contribution >= 0.6 is 23.2 Å². The fourth-order valence-electron chi connectivity index (χ4n) is 7.46. The fraction of sp³-hybridized carbons (Fsp3) is 0.419. The molecule has 1 saturated carbocycles. The van der Waals surface area contributed by atoms with Crippen LogP contribution < -0.4 is 14.8 Å². The van der Waals surface area contributed by atoms with Gasteiger partial charge in [-0.1, -0.05) is 71.7 Å². The summed E-state index contributed by atoms with van der Waals surface area (Å²) in [4.78, 5) is 35.5. The maximum Gasteiger partial charge on any atom is 0.387 e. The molecule has 3 aliphatic heterocycles. The predicted molar refractivity (Wildman–Crippen MR) is 213 cm³/mol. The Labute approximate surface area is 341 Å². The minimum atomic E-state index is -3.05. The topological polar surface area (TPSA) is 102 Å². The van der Waals surface area contributed by atoms with Crippen LogP contribution in [0.25, 0.3) is 0 Å². The van der Waals surface area contributed by atoms with Crippen LogP contribution in [0.4, 0.5) is 14.5 Å². The molecule has 4 aromatic rings. The molecule has 3 saturated heterocycles. The number of piperidine rings is 3. The molecule has 8 rings (SSSR count). The number of benzene rings is 3. The second kappa shape index (κ2) is 18.8. The number of nitrogens with zero attached hydrogens (tertiary/aromatic N) is 3. The van der Waals surface area contributed by atoms with Crippen molar-refractivity contribution in [2.45, 2.75) is 63.5 Å². The van der Waals surface area contributed by atoms with Crippen LogP contribution in [0.5, 0.6) is 11.5 Å². The first kappa shape index (κ1) is 40.7. The summed E-state index contributed by atoms with van der Waals surface area (Å²) in [5, 5.41) is 3.99. The number of halogens is 4. The summed E-state index contributed by atoms with van der Waals surface area (Å²) in [5.74, 6) is -0.0983. The van der Waals surface area contributed by atoms with E-state index in [-0.39, 0.29) is 36.5 Å². The van der Waals surface area contributed by atoms with Crippen molar-refractivity contribution >= 4 is 40.8 Å². The van der Waals surface area contributed by atoms with E-state index in [1.54, 1.807) is 19.2 Å². The number of carbonyl (C=O) groups excluding carboxylic acids is 2. The monoisotopic (exact) mass is 822 g/mol. The molecule has 3 aromatic carbocycles. The molecular weight excluding hydrogens is 777 g/mol. The highest BCUT2D eigenvalue weighted by Crippen LogP contribution is 2.38. The largest absolute Gasteiger partial charge is 0.489 e. The highest BCUT2D eigenvalue weighted by molar-refractivity contribution is 6.35. The second-order valence-electron chi connectivity index (χ2n) is 15.1. The van der Waals surface area contributed by atoms with E-state index in [1.165, 1.54) is 18.5 Å². The van der Waals surface area contributed by atoms with E-state index in [1.807, 2.05) is 59.5 Å². The van der Waals surface area contributed by atoms with Gasteiger partial charge in [-0.05, 0) is 104 Å². The molecule has 3 atom stereocenters. The molecule has 4 heterocycles. The molecule has 0 amide bonds. The van der Waals surface area contributed by atoms with Crippen molar-refractivity contribution in [2.75, 3.05) is 45.2 Å². The third kappa shape index (κ3) is 11.1. The average molecular weight is 824 g/mol. The number of pyridine rings is 1. The first-order valence-electron chi connectivity index (χ1n) is 19.3. The Kier molecular flexibility index (Phi) is 13.5. The van der Waals surface area contributed by atoms with E-state index >= 15 is 0 Å². The van der Waals surface area contributed by atoms with Gasteiger partial charge in [0.2, 0.25) is 0 Å². The van der Waals surface area contributed by atoms with Gasteiger partial charge in [-0.15, -0.1) is 0 Å². The van der Waals surface area contributed by atoms with Crippen molar-refractivity contribution in [3.63, 3.8) is 0 Å². The lowest BCUT2D eigenvalue weighted by Gasteiger charge is -2.44. The molecule has 0 spiro atoms. The van der Waals surface area contributed by atoms with Crippen LogP contribution in [-0.4, -0.2) is 79.3 Å². The maximum absolute atomic E-state index is 13.7. The smallest absolute Gasteiger partial charge is 0.387 e. The normalized spacial score (nSPS) is 19.9. The van der Waals surface area contributed by atoms with E-state index < -0.39 is 24.7 Å². The number of likely N-dealkylation sites (N-methyl/N-ethyl adjacent to an activating group) is 1. The molecule has 1 aliphatic carbocycles. The minimum absolute atomic E-state index is 0.0812. The van der Waals surface area contributed by atoms with Crippen LogP contribution in [0, 0.1) is 11.8 Å². The lowest BCUT2D eigenvalue weighted by Crippen LogP contribution is -2.52. The molecule has 1 unspecified atom stereocenters. The third-order valence-electron chi connectivity index (χ3n) is 10.7. The van der Waals surface area contributed by atoms with Gasteiger partial charge < -0.3 is 24.3 Å². The summed E-state index contributed by atoms with van der Waals surface area (Å²) in [6, 6.07) is 21.0. The van der Waals surface area contributed by atoms with Crippen LogP contribution in [0.3, 0.4) is 0 Å². The van der Waals surface area contributed by atoms with Crippen molar-refractivity contribution in [1.29, 1.82) is 0 Å². The number of ether oxygens (including phenoxy) is 4. The van der Waals surface area contributed by atoms with Gasteiger partial charge in [0.05, 0.1) is 23.2 Å². The zero-order valence-electron chi connectivity index (χ0n) is 31.6. The number of rotatable bonds is 18. The molecule has 14 heteroatoms. The molecule has 4 aliphatic rings. The molecule has 2 bridgehead atoms. The van der Waals surface area contributed by atoms with E-state index in [4.69, 9.17) is 42.1 Å². The fourth-order valence-corrected chi connectivity index (χ4v) is 7.98. The molecular formula is C43H46Cl2F2N4O6. The highest BCUT2D eigenvalue weighted by Gasteiger charge is 2.38. The summed E-state index contributed by atoms with van der Waals surface area (Å²) in [7, 11) is 1.80. The highest BCUT2D eigenvalue weighted by atomic mass is 35.5. The van der Waals surface area contributed by atoms with Gasteiger partial charge in [0.15, 0.2) is 17.5 Å². The third-order valence-corrected chi connectivity index (χ3v) is 11.3. The van der Waals surface area contributed by atoms with Gasteiger partial charge in [-0.3, -0.25) is 19.6 Å². The molecule has 10 nitrogen and oxygen atoms in total. The number of fused-ring (bicyclic) bond motifs is 3. The Morgan fingerprint density at radius 2 is 1.68 bits per heavy atom. The predicted octanol–water partition coefficient (Wildman–Crippen LogP) is 8.53. The summed E-state index contributed by atoms with van der Waals surface area (Å²) in [6.07, 6.45) is 6.05. The second-order valence-corrected chi connectivity index (χ2v) is 15.9. The van der Waals surface area contributed by atoms with E-state index in [0.29, 0.717) is 46.2 Å². The van der Waals surface area contributed by atoms with Crippen LogP contribution in [0.2, 0.25) is 10.0 Å². The number of carbonyl (C=O) groups is 2. The maximum atomic E-state index is 13.7. The number of anilines is 1. The Morgan fingerprint density at radius 3 is 2.37 bits per heavy atom. The van der Waals surface area contributed by atoms with Crippen molar-refractivity contribution in [2.24, 2.45) is 11.8 Å². The lowest BCUT2D eigenvalue weighted by molar-refractivity contribution is -0.160. The van der Waals surface area contributed by atoms with Gasteiger partial charge in [-0.2, -0.15) is 8.78 Å². The van der Waals surface area contributed by atoms with Crippen molar-refractivity contribution in [3.8, 4) is 11.5 Å². The molecule has 302 valence electrons. The van der Waals surface area contributed by atoms with Gasteiger partial charge in [0.25, 0.3) is 0 Å². The number of hydrogen-bond donors (Lipinski definition) is 1. The number of alkyl halides is 2. The Hall–Kier alpha value is -4.49. The van der Waals surface area contributed by atoms with Crippen LogP contribution in [0.1, 0.15) is 60.1 Å². The van der Waals surface area contributed by atoms with E-state index in [2.05, 4.69) is 15.2 Å². The Balaban J connectivity index is 1.03. The van der Waals surface area contributed by atoms with E-state index in [0.717, 1.165) is 62.1 Å². The number of nitrogens with one attached hydrogen (secondary N) is 1. The zero-order chi connectivity index (χ0) is 39.9. The first-order valence-corrected chi connectivity index (χ1v) is 20.0. The van der Waals surface area contributed by atoms with Crippen LogP contribution in [0.15, 0.2) is 85.2 Å². The average Bonchev–Trinajstić information content (AvgIpc) is 4.03. The minimum Gasteiger partial charge on any atom is -0.489 e. The number of aromatic nitrogens is 1. The Bertz CT molecular complexity index is 1980. The van der Waals surface area contributed by atoms with Crippen molar-refractivity contribution in [3.05, 3.63) is 117 Å². The van der Waals surface area contributed by atoms with Crippen molar-refractivity contribution in [1.82, 2.24) is 14.8 Å². The SMILES string of the molecule is CN(CC(=O)O[C@@H](Cc1c(Cl)cncc1Cl)c1ccc(OC(F)F)c(OCC2CC2)c1)Cc1cccc(NC(C(=O)O[C@H]2CN3CCC2CC3)c2ccccc2)c1. The van der Waals surface area contributed by atoms with Crippen molar-refractivity contribution < 1.29 is 37.3 Å². The molecule has 4 fully saturated rings. The molecule has 0 radical (unpaired) electrons. The quantitative estimate of drug-likeness (QED) is 0.0984.